The standard InChI is InChI=1S/C25H21ClN4O4/c26-18-9-6-16(7-10-18)17-8-11-21-20(14-17)24(32)30-13-12-29(15-22(30)23(31)28-21)34-25(33)27-19-4-2-1-3-5-19/h1-11,14,22H,12-13,15H2,(H,27,33)(H,28,31). The van der Waals surface area contributed by atoms with Gasteiger partial charge in [0.1, 0.15) is 6.04 Å². The predicted octanol–water partition coefficient (Wildman–Crippen LogP) is 4.25. The number of amides is 3. The van der Waals surface area contributed by atoms with E-state index in [1.807, 2.05) is 24.3 Å². The van der Waals surface area contributed by atoms with Gasteiger partial charge in [0.25, 0.3) is 5.91 Å². The second kappa shape index (κ2) is 9.17. The highest BCUT2D eigenvalue weighted by Crippen LogP contribution is 2.30. The van der Waals surface area contributed by atoms with Gasteiger partial charge >= 0.3 is 6.09 Å². The Labute approximate surface area is 201 Å². The molecule has 0 saturated carbocycles. The number of nitrogens with one attached hydrogen (secondary N) is 2. The molecule has 9 heteroatoms. The maximum absolute atomic E-state index is 13.4. The second-order valence-corrected chi connectivity index (χ2v) is 8.47. The molecule has 2 N–H and O–H groups in total. The van der Waals surface area contributed by atoms with Crippen LogP contribution in [-0.2, 0) is 9.63 Å². The lowest BCUT2D eigenvalue weighted by Gasteiger charge is -2.37. The van der Waals surface area contributed by atoms with Crippen molar-refractivity contribution in [3.05, 3.63) is 83.4 Å². The van der Waals surface area contributed by atoms with Gasteiger partial charge in [0.05, 0.1) is 24.3 Å². The summed E-state index contributed by atoms with van der Waals surface area (Å²) in [5.41, 5.74) is 3.22. The maximum Gasteiger partial charge on any atom is 0.430 e. The predicted molar refractivity (Wildman–Crippen MR) is 128 cm³/mol. The monoisotopic (exact) mass is 476 g/mol. The summed E-state index contributed by atoms with van der Waals surface area (Å²) in [6.07, 6.45) is -0.657. The molecule has 1 saturated heterocycles. The summed E-state index contributed by atoms with van der Waals surface area (Å²) in [4.78, 5) is 45.5. The average molecular weight is 477 g/mol. The van der Waals surface area contributed by atoms with Crippen molar-refractivity contribution in [1.82, 2.24) is 9.96 Å². The highest BCUT2D eigenvalue weighted by atomic mass is 35.5. The number of fused-ring (bicyclic) bond motifs is 2. The number of carbonyl (C=O) groups excluding carboxylic acids is 3. The summed E-state index contributed by atoms with van der Waals surface area (Å²) in [5.74, 6) is -0.578. The molecule has 5 rings (SSSR count). The van der Waals surface area contributed by atoms with Gasteiger partial charge in [0.2, 0.25) is 5.91 Å². The van der Waals surface area contributed by atoms with Crippen LogP contribution in [-0.4, -0.2) is 53.5 Å². The first-order valence-electron chi connectivity index (χ1n) is 10.8. The second-order valence-electron chi connectivity index (χ2n) is 8.03. The Balaban J connectivity index is 1.32. The van der Waals surface area contributed by atoms with Crippen LogP contribution < -0.4 is 10.6 Å². The van der Waals surface area contributed by atoms with E-state index >= 15 is 0 Å². The number of rotatable bonds is 3. The van der Waals surface area contributed by atoms with Gasteiger partial charge in [0, 0.05) is 17.3 Å². The average Bonchev–Trinajstić information content (AvgIpc) is 2.94. The quantitative estimate of drug-likeness (QED) is 0.589. The van der Waals surface area contributed by atoms with Crippen molar-refractivity contribution in [2.75, 3.05) is 30.3 Å². The smallest absolute Gasteiger partial charge is 0.351 e. The number of hydrogen-bond acceptors (Lipinski definition) is 5. The summed E-state index contributed by atoms with van der Waals surface area (Å²) < 4.78 is 0. The van der Waals surface area contributed by atoms with Crippen molar-refractivity contribution in [2.24, 2.45) is 0 Å². The van der Waals surface area contributed by atoms with E-state index in [4.69, 9.17) is 16.4 Å². The van der Waals surface area contributed by atoms with Gasteiger partial charge in [-0.15, -0.1) is 5.06 Å². The van der Waals surface area contributed by atoms with Crippen molar-refractivity contribution in [1.29, 1.82) is 0 Å². The lowest BCUT2D eigenvalue weighted by Crippen LogP contribution is -2.58. The molecule has 0 bridgehead atoms. The Kier molecular flexibility index (Phi) is 5.91. The third kappa shape index (κ3) is 4.46. The van der Waals surface area contributed by atoms with E-state index in [9.17, 15) is 14.4 Å². The maximum atomic E-state index is 13.4. The van der Waals surface area contributed by atoms with Crippen LogP contribution in [0.1, 0.15) is 10.4 Å². The molecule has 34 heavy (non-hydrogen) atoms. The van der Waals surface area contributed by atoms with E-state index in [1.165, 1.54) is 9.96 Å². The largest absolute Gasteiger partial charge is 0.430 e. The van der Waals surface area contributed by atoms with Gasteiger partial charge < -0.3 is 15.1 Å². The molecule has 0 aliphatic carbocycles. The first-order valence-corrected chi connectivity index (χ1v) is 11.2. The third-order valence-electron chi connectivity index (χ3n) is 5.82. The Morgan fingerprint density at radius 2 is 1.71 bits per heavy atom. The lowest BCUT2D eigenvalue weighted by molar-refractivity contribution is -0.143. The van der Waals surface area contributed by atoms with Crippen molar-refractivity contribution < 1.29 is 19.2 Å². The van der Waals surface area contributed by atoms with E-state index in [1.54, 1.807) is 48.5 Å². The van der Waals surface area contributed by atoms with Gasteiger partial charge in [-0.25, -0.2) is 4.79 Å². The van der Waals surface area contributed by atoms with E-state index in [0.29, 0.717) is 22.0 Å². The Hall–Kier alpha value is -3.88. The fourth-order valence-corrected chi connectivity index (χ4v) is 4.24. The number of para-hydroxylation sites is 1. The number of piperazine rings is 1. The van der Waals surface area contributed by atoms with Crippen molar-refractivity contribution in [2.45, 2.75) is 6.04 Å². The van der Waals surface area contributed by atoms with Crippen LogP contribution in [0.2, 0.25) is 5.02 Å². The molecule has 1 fully saturated rings. The van der Waals surface area contributed by atoms with Crippen LogP contribution in [0.15, 0.2) is 72.8 Å². The highest BCUT2D eigenvalue weighted by Gasteiger charge is 2.40. The minimum atomic E-state index is -0.794. The van der Waals surface area contributed by atoms with Crippen LogP contribution in [0, 0.1) is 0 Å². The summed E-state index contributed by atoms with van der Waals surface area (Å²) >= 11 is 5.99. The fourth-order valence-electron chi connectivity index (χ4n) is 4.11. The molecule has 3 amide bonds. The molecular formula is C25H21ClN4O4. The van der Waals surface area contributed by atoms with Gasteiger partial charge in [-0.1, -0.05) is 48.0 Å². The van der Waals surface area contributed by atoms with Crippen LogP contribution >= 0.6 is 11.6 Å². The number of anilines is 2. The number of hydroxylamine groups is 2. The number of benzene rings is 3. The van der Waals surface area contributed by atoms with E-state index in [-0.39, 0.29) is 31.4 Å². The molecule has 3 aromatic carbocycles. The molecule has 3 aromatic rings. The highest BCUT2D eigenvalue weighted by molar-refractivity contribution is 6.30. The Bertz CT molecular complexity index is 1250. The minimum Gasteiger partial charge on any atom is -0.351 e. The van der Waals surface area contributed by atoms with Gasteiger partial charge in [-0.3, -0.25) is 14.9 Å². The SMILES string of the molecule is O=C(Nc1ccccc1)ON1CCN2C(=O)c3cc(-c4ccc(Cl)cc4)ccc3NC(=O)C2C1. The molecule has 0 aromatic heterocycles. The minimum absolute atomic E-state index is 0.0673. The summed E-state index contributed by atoms with van der Waals surface area (Å²) in [5, 5.41) is 7.52. The van der Waals surface area contributed by atoms with Gasteiger partial charge in [-0.05, 0) is 47.5 Å². The zero-order valence-electron chi connectivity index (χ0n) is 18.0. The van der Waals surface area contributed by atoms with Gasteiger partial charge in [-0.2, -0.15) is 0 Å². The summed E-state index contributed by atoms with van der Waals surface area (Å²) in [6.45, 7) is 0.585. The number of nitrogens with zero attached hydrogens (tertiary/aromatic N) is 2. The van der Waals surface area contributed by atoms with Crippen LogP contribution in [0.3, 0.4) is 0 Å². The first-order chi connectivity index (χ1) is 16.5. The summed E-state index contributed by atoms with van der Waals surface area (Å²) in [6, 6.07) is 20.8. The number of halogens is 1. The molecule has 172 valence electrons. The third-order valence-corrected chi connectivity index (χ3v) is 6.08. The van der Waals surface area contributed by atoms with Crippen LogP contribution in [0.4, 0.5) is 16.2 Å². The lowest BCUT2D eigenvalue weighted by atomic mass is 10.0. The van der Waals surface area contributed by atoms with E-state index in [0.717, 1.165) is 11.1 Å². The molecule has 2 aliphatic heterocycles. The molecular weight excluding hydrogens is 456 g/mol. The van der Waals surface area contributed by atoms with Crippen molar-refractivity contribution >= 4 is 40.9 Å². The topological polar surface area (TPSA) is 91.0 Å². The molecule has 1 atom stereocenters. The molecule has 8 nitrogen and oxygen atoms in total. The molecule has 0 spiro atoms. The van der Waals surface area contributed by atoms with Gasteiger partial charge in [0.15, 0.2) is 0 Å². The van der Waals surface area contributed by atoms with E-state index < -0.39 is 12.1 Å². The van der Waals surface area contributed by atoms with Crippen molar-refractivity contribution in [3.8, 4) is 11.1 Å². The van der Waals surface area contributed by atoms with E-state index in [2.05, 4.69) is 10.6 Å². The molecule has 2 aliphatic rings. The Morgan fingerprint density at radius 3 is 2.47 bits per heavy atom. The van der Waals surface area contributed by atoms with Crippen LogP contribution in [0.25, 0.3) is 11.1 Å². The first kappa shape index (κ1) is 21.9. The Morgan fingerprint density at radius 1 is 0.971 bits per heavy atom. The van der Waals surface area contributed by atoms with Crippen molar-refractivity contribution in [3.63, 3.8) is 0 Å². The zero-order chi connectivity index (χ0) is 23.7. The normalized spacial score (nSPS) is 17.8. The summed E-state index contributed by atoms with van der Waals surface area (Å²) in [7, 11) is 0. The molecule has 2 heterocycles. The fraction of sp³-hybridized carbons (Fsp3) is 0.160. The molecule has 0 radical (unpaired) electrons. The number of hydrogen-bond donors (Lipinski definition) is 2. The molecule has 1 unspecified atom stereocenters. The van der Waals surface area contributed by atoms with Crippen LogP contribution in [0.5, 0.6) is 0 Å². The zero-order valence-corrected chi connectivity index (χ0v) is 18.8. The number of carbonyl (C=O) groups is 3.